The van der Waals surface area contributed by atoms with Crippen molar-refractivity contribution in [3.8, 4) is 0 Å². The molecule has 0 radical (unpaired) electrons. The van der Waals surface area contributed by atoms with Gasteiger partial charge in [0.05, 0.1) is 11.3 Å². The van der Waals surface area contributed by atoms with E-state index in [1.54, 1.807) is 30.3 Å². The molecule has 3 rings (SSSR count). The fraction of sp³-hybridized carbons (Fsp3) is 0.118. The Morgan fingerprint density at radius 3 is 2.50 bits per heavy atom. The Bertz CT molecular complexity index is 820. The van der Waals surface area contributed by atoms with Gasteiger partial charge in [0.1, 0.15) is 0 Å². The predicted molar refractivity (Wildman–Crippen MR) is 92.5 cm³/mol. The number of carboxylic acid groups (broad SMARTS) is 1. The van der Waals surface area contributed by atoms with Gasteiger partial charge in [0.25, 0.3) is 11.1 Å². The van der Waals surface area contributed by atoms with Gasteiger partial charge in [-0.1, -0.05) is 12.1 Å². The Balaban J connectivity index is 1.77. The van der Waals surface area contributed by atoms with Gasteiger partial charge in [-0.25, -0.2) is 9.69 Å². The molecule has 1 aliphatic heterocycles. The molecule has 1 unspecified atom stereocenters. The van der Waals surface area contributed by atoms with Crippen LogP contribution in [0.2, 0.25) is 0 Å². The number of hydrogen-bond donors (Lipinski definition) is 2. The van der Waals surface area contributed by atoms with E-state index in [-0.39, 0.29) is 16.7 Å². The number of aryl methyl sites for hydroxylation is 1. The first-order valence-corrected chi connectivity index (χ1v) is 8.05. The van der Waals surface area contributed by atoms with E-state index in [2.05, 4.69) is 5.32 Å². The van der Waals surface area contributed by atoms with Crippen LogP contribution < -0.4 is 10.2 Å². The Hall–Kier alpha value is -2.80. The van der Waals surface area contributed by atoms with Crippen LogP contribution in [0.25, 0.3) is 0 Å². The fourth-order valence-corrected chi connectivity index (χ4v) is 3.27. The van der Waals surface area contributed by atoms with E-state index in [0.29, 0.717) is 11.4 Å². The molecule has 6 nitrogen and oxygen atoms in total. The topological polar surface area (TPSA) is 86.7 Å². The second-order valence-corrected chi connectivity index (χ2v) is 6.36. The number of rotatable bonds is 4. The maximum Gasteiger partial charge on any atom is 0.335 e. The summed E-state index contributed by atoms with van der Waals surface area (Å²) < 4.78 is 0. The minimum atomic E-state index is -1.02. The van der Waals surface area contributed by atoms with Crippen molar-refractivity contribution in [1.29, 1.82) is 0 Å². The number of aromatic carboxylic acids is 1. The van der Waals surface area contributed by atoms with Crippen molar-refractivity contribution in [2.24, 2.45) is 0 Å². The molecule has 122 valence electrons. The molecule has 2 amide bonds. The second kappa shape index (κ2) is 6.37. The van der Waals surface area contributed by atoms with Crippen LogP contribution in [0.1, 0.15) is 15.9 Å². The quantitative estimate of drug-likeness (QED) is 0.886. The van der Waals surface area contributed by atoms with Crippen molar-refractivity contribution < 1.29 is 19.5 Å². The highest BCUT2D eigenvalue weighted by atomic mass is 32.2. The molecule has 0 spiro atoms. The summed E-state index contributed by atoms with van der Waals surface area (Å²) >= 11 is 0.898. The molecule has 24 heavy (non-hydrogen) atoms. The highest BCUT2D eigenvalue weighted by Gasteiger charge is 2.40. The summed E-state index contributed by atoms with van der Waals surface area (Å²) in [6.07, 6.45) is 0. The lowest BCUT2D eigenvalue weighted by molar-refractivity contribution is -0.116. The normalized spacial score (nSPS) is 17.2. The van der Waals surface area contributed by atoms with Crippen LogP contribution in [0.4, 0.5) is 16.2 Å². The largest absolute Gasteiger partial charge is 0.478 e. The Morgan fingerprint density at radius 2 is 1.88 bits per heavy atom. The van der Waals surface area contributed by atoms with Gasteiger partial charge in [0.15, 0.2) is 5.37 Å². The molecule has 1 heterocycles. The van der Waals surface area contributed by atoms with Gasteiger partial charge in [0, 0.05) is 5.69 Å². The molecule has 1 fully saturated rings. The van der Waals surface area contributed by atoms with E-state index >= 15 is 0 Å². The number of thioether (sulfide) groups is 1. The Morgan fingerprint density at radius 1 is 1.17 bits per heavy atom. The molecule has 0 bridgehead atoms. The SMILES string of the molecule is Cc1cccc(N2C(=O)SC(Nc3ccc(C(=O)O)cc3)C2=O)c1. The summed E-state index contributed by atoms with van der Waals surface area (Å²) in [6.45, 7) is 1.89. The number of benzene rings is 2. The second-order valence-electron chi connectivity index (χ2n) is 5.30. The fourth-order valence-electron chi connectivity index (χ4n) is 2.36. The Kier molecular flexibility index (Phi) is 4.26. The molecule has 1 saturated heterocycles. The summed E-state index contributed by atoms with van der Waals surface area (Å²) in [5, 5.41) is 10.8. The minimum Gasteiger partial charge on any atom is -0.478 e. The van der Waals surface area contributed by atoms with Crippen molar-refractivity contribution in [2.75, 3.05) is 10.2 Å². The zero-order valence-electron chi connectivity index (χ0n) is 12.7. The number of carbonyl (C=O) groups is 3. The monoisotopic (exact) mass is 342 g/mol. The lowest BCUT2D eigenvalue weighted by atomic mass is 10.2. The lowest BCUT2D eigenvalue weighted by Gasteiger charge is -2.15. The molecular formula is C17H14N2O4S. The molecule has 0 saturated carbocycles. The third-order valence-electron chi connectivity index (χ3n) is 3.54. The smallest absolute Gasteiger partial charge is 0.335 e. The summed E-state index contributed by atoms with van der Waals surface area (Å²) in [7, 11) is 0. The maximum atomic E-state index is 12.5. The number of carboxylic acids is 1. The number of carbonyl (C=O) groups excluding carboxylic acids is 2. The van der Waals surface area contributed by atoms with E-state index < -0.39 is 11.3 Å². The summed E-state index contributed by atoms with van der Waals surface area (Å²) in [5.74, 6) is -1.37. The molecule has 1 atom stereocenters. The predicted octanol–water partition coefficient (Wildman–Crippen LogP) is 3.33. The van der Waals surface area contributed by atoms with Crippen LogP contribution in [0.5, 0.6) is 0 Å². The molecule has 7 heteroatoms. The van der Waals surface area contributed by atoms with Gasteiger partial charge in [-0.05, 0) is 60.6 Å². The van der Waals surface area contributed by atoms with Crippen LogP contribution in [0, 0.1) is 6.92 Å². The van der Waals surface area contributed by atoms with Crippen LogP contribution in [-0.4, -0.2) is 27.6 Å². The van der Waals surface area contributed by atoms with Gasteiger partial charge in [-0.2, -0.15) is 0 Å². The van der Waals surface area contributed by atoms with Gasteiger partial charge in [-0.3, -0.25) is 9.59 Å². The molecule has 2 aromatic carbocycles. The van der Waals surface area contributed by atoms with E-state index in [0.717, 1.165) is 22.2 Å². The van der Waals surface area contributed by atoms with Gasteiger partial charge in [0.2, 0.25) is 0 Å². The van der Waals surface area contributed by atoms with Crippen molar-refractivity contribution in [3.05, 3.63) is 59.7 Å². The van der Waals surface area contributed by atoms with Crippen molar-refractivity contribution in [1.82, 2.24) is 0 Å². The van der Waals surface area contributed by atoms with Crippen LogP contribution in [0.15, 0.2) is 48.5 Å². The zero-order valence-corrected chi connectivity index (χ0v) is 13.5. The number of nitrogens with zero attached hydrogens (tertiary/aromatic N) is 1. The van der Waals surface area contributed by atoms with Gasteiger partial charge in [-0.15, -0.1) is 0 Å². The van der Waals surface area contributed by atoms with Crippen molar-refractivity contribution in [2.45, 2.75) is 12.3 Å². The molecule has 2 aromatic rings. The molecule has 0 aliphatic carbocycles. The van der Waals surface area contributed by atoms with E-state index in [9.17, 15) is 14.4 Å². The third-order valence-corrected chi connectivity index (χ3v) is 4.47. The lowest BCUT2D eigenvalue weighted by Crippen LogP contribution is -2.34. The minimum absolute atomic E-state index is 0.156. The number of hydrogen-bond acceptors (Lipinski definition) is 5. The van der Waals surface area contributed by atoms with Crippen LogP contribution >= 0.6 is 11.8 Å². The average molecular weight is 342 g/mol. The Labute approximate surface area is 142 Å². The molecule has 2 N–H and O–H groups in total. The highest BCUT2D eigenvalue weighted by molar-refractivity contribution is 8.16. The van der Waals surface area contributed by atoms with Gasteiger partial charge >= 0.3 is 5.97 Å². The summed E-state index contributed by atoms with van der Waals surface area (Å²) in [5.41, 5.74) is 2.23. The van der Waals surface area contributed by atoms with Crippen molar-refractivity contribution >= 4 is 40.3 Å². The summed E-state index contributed by atoms with van der Waals surface area (Å²) in [4.78, 5) is 36.7. The number of anilines is 2. The van der Waals surface area contributed by atoms with E-state index in [4.69, 9.17) is 5.11 Å². The molecule has 1 aliphatic rings. The molecular weight excluding hydrogens is 328 g/mol. The third kappa shape index (κ3) is 3.11. The van der Waals surface area contributed by atoms with Crippen LogP contribution in [0.3, 0.4) is 0 Å². The van der Waals surface area contributed by atoms with E-state index in [1.165, 1.54) is 12.1 Å². The first-order valence-electron chi connectivity index (χ1n) is 7.17. The van der Waals surface area contributed by atoms with E-state index in [1.807, 2.05) is 13.0 Å². The number of amides is 2. The molecule has 0 aromatic heterocycles. The number of nitrogens with one attached hydrogen (secondary N) is 1. The first kappa shape index (κ1) is 16.1. The highest BCUT2D eigenvalue weighted by Crippen LogP contribution is 2.32. The van der Waals surface area contributed by atoms with Crippen LogP contribution in [-0.2, 0) is 4.79 Å². The number of imide groups is 1. The standard InChI is InChI=1S/C17H14N2O4S/c1-10-3-2-4-13(9-10)19-15(20)14(24-17(19)23)18-12-7-5-11(6-8-12)16(21)22/h2-9,14,18H,1H3,(H,21,22). The first-order chi connectivity index (χ1) is 11.5. The average Bonchev–Trinajstić information content (AvgIpc) is 2.82. The van der Waals surface area contributed by atoms with Gasteiger partial charge < -0.3 is 10.4 Å². The summed E-state index contributed by atoms with van der Waals surface area (Å²) in [6, 6.07) is 13.2. The zero-order chi connectivity index (χ0) is 17.3. The maximum absolute atomic E-state index is 12.5. The van der Waals surface area contributed by atoms with Crippen molar-refractivity contribution in [3.63, 3.8) is 0 Å².